The lowest BCUT2D eigenvalue weighted by Gasteiger charge is -2.35. The highest BCUT2D eigenvalue weighted by Crippen LogP contribution is 2.24. The molecule has 1 atom stereocenters. The van der Waals surface area contributed by atoms with Crippen LogP contribution in [0, 0.1) is 13.8 Å². The average molecular weight is 340 g/mol. The summed E-state index contributed by atoms with van der Waals surface area (Å²) < 4.78 is 5.61. The summed E-state index contributed by atoms with van der Waals surface area (Å²) in [7, 11) is 1.82. The van der Waals surface area contributed by atoms with E-state index in [1.165, 1.54) is 0 Å². The van der Waals surface area contributed by atoms with Gasteiger partial charge < -0.3 is 15.0 Å². The normalized spacial score (nSPS) is 17.4. The number of hydrogen-bond donors (Lipinski definition) is 1. The van der Waals surface area contributed by atoms with Crippen molar-refractivity contribution in [3.8, 4) is 0 Å². The lowest BCUT2D eigenvalue weighted by molar-refractivity contribution is -0.139. The molecule has 1 saturated heterocycles. The van der Waals surface area contributed by atoms with E-state index in [0.29, 0.717) is 32.0 Å². The maximum absolute atomic E-state index is 12.9. The van der Waals surface area contributed by atoms with E-state index in [0.717, 1.165) is 22.6 Å². The molecule has 6 heteroatoms. The van der Waals surface area contributed by atoms with E-state index < -0.39 is 0 Å². The minimum atomic E-state index is -0.253. The summed E-state index contributed by atoms with van der Waals surface area (Å²) in [5.74, 6) is 1.46. The number of carbonyl (C=O) groups excluding carboxylic acids is 1. The van der Waals surface area contributed by atoms with E-state index >= 15 is 0 Å². The highest BCUT2D eigenvalue weighted by atomic mass is 16.5. The van der Waals surface area contributed by atoms with Crippen molar-refractivity contribution in [1.82, 2.24) is 14.9 Å². The van der Waals surface area contributed by atoms with E-state index in [9.17, 15) is 4.79 Å². The summed E-state index contributed by atoms with van der Waals surface area (Å²) in [6, 6.07) is 9.62. The summed E-state index contributed by atoms with van der Waals surface area (Å²) in [5, 5.41) is 3.04. The number of morpholine rings is 1. The smallest absolute Gasteiger partial charge is 0.227 e. The van der Waals surface area contributed by atoms with Gasteiger partial charge in [-0.1, -0.05) is 24.3 Å². The summed E-state index contributed by atoms with van der Waals surface area (Å²) in [6.07, 6.45) is 0.383. The van der Waals surface area contributed by atoms with Crippen molar-refractivity contribution >= 4 is 11.7 Å². The Hall–Kier alpha value is -2.47. The molecule has 1 aliphatic rings. The van der Waals surface area contributed by atoms with Crippen LogP contribution >= 0.6 is 0 Å². The van der Waals surface area contributed by atoms with Crippen molar-refractivity contribution in [3.63, 3.8) is 0 Å². The molecule has 1 amide bonds. The molecule has 25 heavy (non-hydrogen) atoms. The molecule has 1 aromatic heterocycles. The van der Waals surface area contributed by atoms with E-state index in [-0.39, 0.29) is 11.9 Å². The highest BCUT2D eigenvalue weighted by molar-refractivity contribution is 5.79. The van der Waals surface area contributed by atoms with Crippen LogP contribution in [0.2, 0.25) is 0 Å². The predicted octanol–water partition coefficient (Wildman–Crippen LogP) is 2.28. The first-order chi connectivity index (χ1) is 12.1. The third kappa shape index (κ3) is 3.96. The predicted molar refractivity (Wildman–Crippen MR) is 96.5 cm³/mol. The molecule has 0 unspecified atom stereocenters. The van der Waals surface area contributed by atoms with Gasteiger partial charge >= 0.3 is 0 Å². The zero-order valence-corrected chi connectivity index (χ0v) is 15.0. The number of hydrogen-bond acceptors (Lipinski definition) is 5. The van der Waals surface area contributed by atoms with Gasteiger partial charge in [0.05, 0.1) is 19.6 Å². The van der Waals surface area contributed by atoms with Gasteiger partial charge in [0.25, 0.3) is 0 Å². The molecule has 1 N–H and O–H groups in total. The van der Waals surface area contributed by atoms with Crippen molar-refractivity contribution in [2.75, 3.05) is 32.1 Å². The number of aromatic nitrogens is 2. The number of aryl methyl sites for hydroxylation is 2. The van der Waals surface area contributed by atoms with Gasteiger partial charge in [0, 0.05) is 25.4 Å². The van der Waals surface area contributed by atoms with Crippen LogP contribution < -0.4 is 5.32 Å². The van der Waals surface area contributed by atoms with E-state index in [1.54, 1.807) is 0 Å². The number of amides is 1. The molecule has 3 rings (SSSR count). The molecular formula is C19H24N4O2. The van der Waals surface area contributed by atoms with Crippen LogP contribution in [0.25, 0.3) is 0 Å². The third-order valence-corrected chi connectivity index (χ3v) is 4.48. The van der Waals surface area contributed by atoms with Gasteiger partial charge in [-0.15, -0.1) is 0 Å². The zero-order valence-electron chi connectivity index (χ0n) is 15.0. The maximum Gasteiger partial charge on any atom is 0.227 e. The van der Waals surface area contributed by atoms with Gasteiger partial charge in [-0.3, -0.25) is 4.79 Å². The largest absolute Gasteiger partial charge is 0.377 e. The molecule has 0 bridgehead atoms. The Kier molecular flexibility index (Phi) is 5.28. The summed E-state index contributed by atoms with van der Waals surface area (Å²) >= 11 is 0. The summed E-state index contributed by atoms with van der Waals surface area (Å²) in [6.45, 7) is 5.48. The Labute approximate surface area is 148 Å². The monoisotopic (exact) mass is 340 g/mol. The number of carbonyl (C=O) groups is 1. The lowest BCUT2D eigenvalue weighted by atomic mass is 10.0. The third-order valence-electron chi connectivity index (χ3n) is 4.48. The van der Waals surface area contributed by atoms with Crippen molar-refractivity contribution in [2.24, 2.45) is 0 Å². The molecule has 0 aliphatic carbocycles. The Morgan fingerprint density at radius 2 is 2.12 bits per heavy atom. The molecule has 6 nitrogen and oxygen atoms in total. The average Bonchev–Trinajstić information content (AvgIpc) is 2.63. The second-order valence-electron chi connectivity index (χ2n) is 6.28. The standard InChI is InChI=1S/C19H24N4O2/c1-13-6-4-5-7-15(13)11-18(24)23-8-9-25-12-16(23)19-21-14(2)10-17(20-3)22-19/h4-7,10,16H,8-9,11-12H2,1-3H3,(H,20,21,22)/t16-/m0/s1. The van der Waals surface area contributed by atoms with Gasteiger partial charge in [-0.25, -0.2) is 9.97 Å². The first-order valence-electron chi connectivity index (χ1n) is 8.53. The molecule has 1 aliphatic heterocycles. The fraction of sp³-hybridized carbons (Fsp3) is 0.421. The molecule has 132 valence electrons. The maximum atomic E-state index is 12.9. The number of anilines is 1. The Bertz CT molecular complexity index is 763. The van der Waals surface area contributed by atoms with Crippen LogP contribution in [-0.2, 0) is 16.0 Å². The summed E-state index contributed by atoms with van der Waals surface area (Å²) in [4.78, 5) is 23.9. The second-order valence-corrected chi connectivity index (χ2v) is 6.28. The fourth-order valence-electron chi connectivity index (χ4n) is 3.06. The zero-order chi connectivity index (χ0) is 17.8. The van der Waals surface area contributed by atoms with Crippen molar-refractivity contribution in [2.45, 2.75) is 26.3 Å². The second kappa shape index (κ2) is 7.61. The van der Waals surface area contributed by atoms with Crippen LogP contribution in [0.3, 0.4) is 0 Å². The minimum absolute atomic E-state index is 0.0821. The van der Waals surface area contributed by atoms with E-state index in [2.05, 4.69) is 15.3 Å². The first-order valence-corrected chi connectivity index (χ1v) is 8.53. The fourth-order valence-corrected chi connectivity index (χ4v) is 3.06. The number of rotatable bonds is 4. The number of ether oxygens (including phenoxy) is 1. The molecule has 2 aromatic rings. The lowest BCUT2D eigenvalue weighted by Crippen LogP contribution is -2.44. The van der Waals surface area contributed by atoms with Crippen molar-refractivity contribution in [3.05, 3.63) is 53.0 Å². The van der Waals surface area contributed by atoms with Gasteiger partial charge in [0.1, 0.15) is 11.9 Å². The number of benzene rings is 1. The van der Waals surface area contributed by atoms with Crippen LogP contribution in [0.5, 0.6) is 0 Å². The van der Waals surface area contributed by atoms with Crippen LogP contribution in [0.15, 0.2) is 30.3 Å². The number of nitrogens with one attached hydrogen (secondary N) is 1. The van der Waals surface area contributed by atoms with Crippen LogP contribution in [0.1, 0.15) is 28.7 Å². The Morgan fingerprint density at radius 1 is 1.32 bits per heavy atom. The molecule has 0 saturated carbocycles. The van der Waals surface area contributed by atoms with Gasteiger partial charge in [-0.2, -0.15) is 0 Å². The molecular weight excluding hydrogens is 316 g/mol. The van der Waals surface area contributed by atoms with Crippen LogP contribution in [0.4, 0.5) is 5.82 Å². The minimum Gasteiger partial charge on any atom is -0.377 e. The molecule has 2 heterocycles. The van der Waals surface area contributed by atoms with Gasteiger partial charge in [-0.05, 0) is 25.0 Å². The topological polar surface area (TPSA) is 67.4 Å². The Balaban J connectivity index is 1.84. The van der Waals surface area contributed by atoms with Gasteiger partial charge in [0.2, 0.25) is 5.91 Å². The summed E-state index contributed by atoms with van der Waals surface area (Å²) in [5.41, 5.74) is 3.05. The van der Waals surface area contributed by atoms with E-state index in [4.69, 9.17) is 4.74 Å². The number of nitrogens with zero attached hydrogens (tertiary/aromatic N) is 3. The molecule has 1 aromatic carbocycles. The quantitative estimate of drug-likeness (QED) is 0.925. The van der Waals surface area contributed by atoms with Gasteiger partial charge in [0.15, 0.2) is 5.82 Å². The molecule has 0 spiro atoms. The highest BCUT2D eigenvalue weighted by Gasteiger charge is 2.31. The van der Waals surface area contributed by atoms with Crippen molar-refractivity contribution < 1.29 is 9.53 Å². The Morgan fingerprint density at radius 3 is 2.88 bits per heavy atom. The molecule has 1 fully saturated rings. The van der Waals surface area contributed by atoms with Crippen molar-refractivity contribution in [1.29, 1.82) is 0 Å². The molecule has 0 radical (unpaired) electrons. The van der Waals surface area contributed by atoms with Crippen LogP contribution in [-0.4, -0.2) is 47.6 Å². The SMILES string of the molecule is CNc1cc(C)nc([C@@H]2COCCN2C(=O)Cc2ccccc2C)n1. The van der Waals surface area contributed by atoms with E-state index in [1.807, 2.05) is 56.1 Å². The first kappa shape index (κ1) is 17.4.